The predicted octanol–water partition coefficient (Wildman–Crippen LogP) is 1.68. The number of sulfone groups is 1. The smallest absolute Gasteiger partial charge is 0.258 e. The highest BCUT2D eigenvalue weighted by atomic mass is 35.5. The number of benzene rings is 1. The maximum atomic E-state index is 13.5. The van der Waals surface area contributed by atoms with Gasteiger partial charge in [-0.2, -0.15) is 0 Å². The fraction of sp³-hybridized carbons (Fsp3) is 0.348. The number of amides is 2. The van der Waals surface area contributed by atoms with Gasteiger partial charge in [-0.15, -0.1) is 0 Å². The monoisotopic (exact) mass is 523 g/mol. The van der Waals surface area contributed by atoms with Crippen LogP contribution in [0, 0.1) is 5.82 Å². The third-order valence-corrected chi connectivity index (χ3v) is 7.37. The van der Waals surface area contributed by atoms with E-state index in [1.54, 1.807) is 0 Å². The minimum absolute atomic E-state index is 0.0494. The fourth-order valence-electron chi connectivity index (χ4n) is 4.31. The predicted molar refractivity (Wildman–Crippen MR) is 124 cm³/mol. The number of nitrogens with zero attached hydrogens (tertiary/aromatic N) is 1. The summed E-state index contributed by atoms with van der Waals surface area (Å²) in [4.78, 5) is 29.2. The van der Waals surface area contributed by atoms with Gasteiger partial charge in [-0.3, -0.25) is 14.6 Å². The zero-order chi connectivity index (χ0) is 25.4. The SMILES string of the molecule is CS(=O)(=O)c1ccc(CNC(=O)C2=C3CC(NC(=O)COc4ccc(Cl)c(F)c4)(C3)CC2O)nc1. The molecule has 5 rings (SSSR count). The van der Waals surface area contributed by atoms with Crippen LogP contribution in [0.25, 0.3) is 0 Å². The lowest BCUT2D eigenvalue weighted by Gasteiger charge is -2.51. The van der Waals surface area contributed by atoms with Gasteiger partial charge in [0.05, 0.1) is 33.8 Å². The van der Waals surface area contributed by atoms with Crippen LogP contribution in [0.15, 0.2) is 52.6 Å². The number of aromatic nitrogens is 1. The molecule has 2 amide bonds. The van der Waals surface area contributed by atoms with E-state index in [9.17, 15) is 27.5 Å². The van der Waals surface area contributed by atoms with E-state index in [-0.39, 0.29) is 40.8 Å². The Balaban J connectivity index is 1.30. The Morgan fingerprint density at radius 1 is 1.29 bits per heavy atom. The van der Waals surface area contributed by atoms with Crippen molar-refractivity contribution in [2.45, 2.75) is 42.3 Å². The summed E-state index contributed by atoms with van der Waals surface area (Å²) in [5.41, 5.74) is 0.842. The van der Waals surface area contributed by atoms with Gasteiger partial charge < -0.3 is 20.5 Å². The molecule has 1 atom stereocenters. The van der Waals surface area contributed by atoms with Crippen LogP contribution >= 0.6 is 11.6 Å². The average Bonchev–Trinajstić information content (AvgIpc) is 2.77. The molecule has 1 heterocycles. The number of pyridine rings is 1. The van der Waals surface area contributed by atoms with Crippen LogP contribution in [0.2, 0.25) is 5.02 Å². The zero-order valence-electron chi connectivity index (χ0n) is 18.7. The summed E-state index contributed by atoms with van der Waals surface area (Å²) in [6.07, 6.45) is 2.27. The van der Waals surface area contributed by atoms with E-state index in [2.05, 4.69) is 15.6 Å². The first-order valence-electron chi connectivity index (χ1n) is 10.7. The van der Waals surface area contributed by atoms with E-state index < -0.39 is 39.1 Å². The molecule has 1 unspecified atom stereocenters. The quantitative estimate of drug-likeness (QED) is 0.479. The second-order valence-electron chi connectivity index (χ2n) is 8.72. The topological polar surface area (TPSA) is 135 Å². The second-order valence-corrected chi connectivity index (χ2v) is 11.1. The Morgan fingerprint density at radius 3 is 2.63 bits per heavy atom. The van der Waals surface area contributed by atoms with Crippen molar-refractivity contribution in [2.75, 3.05) is 12.9 Å². The molecular formula is C23H23ClFN3O6S. The number of aliphatic hydroxyl groups is 1. The van der Waals surface area contributed by atoms with Gasteiger partial charge in [-0.05, 0) is 37.1 Å². The highest BCUT2D eigenvalue weighted by Gasteiger charge is 2.51. The van der Waals surface area contributed by atoms with Gasteiger partial charge in [0.2, 0.25) is 5.91 Å². The summed E-state index contributed by atoms with van der Waals surface area (Å²) in [6, 6.07) is 6.79. The van der Waals surface area contributed by atoms with Gasteiger partial charge in [0.25, 0.3) is 5.91 Å². The summed E-state index contributed by atoms with van der Waals surface area (Å²) in [7, 11) is -3.36. The number of carbonyl (C=O) groups excluding carboxylic acids is 2. The Hall–Kier alpha value is -3.02. The Morgan fingerprint density at radius 2 is 2.03 bits per heavy atom. The van der Waals surface area contributed by atoms with Crippen molar-refractivity contribution < 1.29 is 32.2 Å². The summed E-state index contributed by atoms with van der Waals surface area (Å²) >= 11 is 5.63. The van der Waals surface area contributed by atoms with Crippen molar-refractivity contribution in [3.05, 3.63) is 64.2 Å². The lowest BCUT2D eigenvalue weighted by Crippen LogP contribution is -2.61. The molecular weight excluding hydrogens is 501 g/mol. The van der Waals surface area contributed by atoms with Gasteiger partial charge in [0.15, 0.2) is 16.4 Å². The van der Waals surface area contributed by atoms with E-state index in [1.807, 2.05) is 0 Å². The minimum atomic E-state index is -3.36. The molecule has 0 spiro atoms. The molecule has 186 valence electrons. The standard InChI is InChI=1S/C23H23ClFN3O6S/c1-35(32,33)16-4-2-14(26-11-16)10-27-22(31)21-13-7-23(8-13,9-19(21)29)28-20(30)12-34-15-3-5-17(24)18(25)6-15/h2-6,11,19,29H,7-10,12H2,1H3,(H,27,31)(H,28,30). The van der Waals surface area contributed by atoms with Crippen LogP contribution in [0.5, 0.6) is 5.75 Å². The molecule has 3 aliphatic carbocycles. The first-order chi connectivity index (χ1) is 16.5. The third kappa shape index (κ3) is 5.63. The Kier molecular flexibility index (Phi) is 6.85. The number of hydrogen-bond donors (Lipinski definition) is 3. The van der Waals surface area contributed by atoms with Crippen LogP contribution in [-0.2, 0) is 26.0 Å². The van der Waals surface area contributed by atoms with Gasteiger partial charge in [0.1, 0.15) is 11.6 Å². The van der Waals surface area contributed by atoms with Crippen LogP contribution in [0.4, 0.5) is 4.39 Å². The van der Waals surface area contributed by atoms with Gasteiger partial charge in [0, 0.05) is 30.5 Å². The summed E-state index contributed by atoms with van der Waals surface area (Å²) in [5.74, 6) is -1.35. The molecule has 0 radical (unpaired) electrons. The number of carbonyl (C=O) groups is 2. The zero-order valence-corrected chi connectivity index (χ0v) is 20.2. The first kappa shape index (κ1) is 25.1. The average molecular weight is 524 g/mol. The molecule has 3 aliphatic rings. The van der Waals surface area contributed by atoms with Gasteiger partial charge in [-0.1, -0.05) is 17.2 Å². The lowest BCUT2D eigenvalue weighted by atomic mass is 9.61. The van der Waals surface area contributed by atoms with Gasteiger partial charge in [-0.25, -0.2) is 12.8 Å². The number of aliphatic hydroxyl groups excluding tert-OH is 1. The lowest BCUT2D eigenvalue weighted by molar-refractivity contribution is -0.126. The van der Waals surface area contributed by atoms with Crippen molar-refractivity contribution in [2.24, 2.45) is 0 Å². The molecule has 2 aromatic rings. The molecule has 0 saturated heterocycles. The molecule has 1 aromatic heterocycles. The van der Waals surface area contributed by atoms with E-state index >= 15 is 0 Å². The van der Waals surface area contributed by atoms with Crippen molar-refractivity contribution in [1.29, 1.82) is 0 Å². The van der Waals surface area contributed by atoms with E-state index in [1.165, 1.54) is 30.5 Å². The summed E-state index contributed by atoms with van der Waals surface area (Å²) < 4.78 is 41.8. The molecule has 2 bridgehead atoms. The van der Waals surface area contributed by atoms with Crippen LogP contribution < -0.4 is 15.4 Å². The number of halogens is 2. The fourth-order valence-corrected chi connectivity index (χ4v) is 4.98. The molecule has 0 aliphatic heterocycles. The minimum Gasteiger partial charge on any atom is -0.484 e. The molecule has 9 nitrogen and oxygen atoms in total. The number of rotatable bonds is 8. The molecule has 1 aromatic carbocycles. The number of nitrogens with one attached hydrogen (secondary N) is 2. The van der Waals surface area contributed by atoms with Crippen molar-refractivity contribution in [3.8, 4) is 5.75 Å². The number of ether oxygens (including phenoxy) is 1. The first-order valence-corrected chi connectivity index (χ1v) is 12.9. The van der Waals surface area contributed by atoms with Crippen LogP contribution in [-0.4, -0.2) is 54.8 Å². The highest BCUT2D eigenvalue weighted by Crippen LogP contribution is 2.48. The van der Waals surface area contributed by atoms with Crippen molar-refractivity contribution in [1.82, 2.24) is 15.6 Å². The Labute approximate surface area is 206 Å². The normalized spacial score (nSPS) is 21.2. The maximum absolute atomic E-state index is 13.5. The molecule has 1 fully saturated rings. The summed E-state index contributed by atoms with van der Waals surface area (Å²) in [6.45, 7) is -0.271. The Bertz CT molecular complexity index is 1310. The van der Waals surface area contributed by atoms with Crippen molar-refractivity contribution >= 4 is 33.3 Å². The molecule has 1 saturated carbocycles. The molecule has 35 heavy (non-hydrogen) atoms. The van der Waals surface area contributed by atoms with Crippen LogP contribution in [0.1, 0.15) is 25.0 Å². The van der Waals surface area contributed by atoms with Crippen LogP contribution in [0.3, 0.4) is 0 Å². The van der Waals surface area contributed by atoms with Gasteiger partial charge >= 0.3 is 0 Å². The van der Waals surface area contributed by atoms with Crippen molar-refractivity contribution in [3.63, 3.8) is 0 Å². The number of hydrogen-bond acceptors (Lipinski definition) is 7. The molecule has 3 N–H and O–H groups in total. The van der Waals surface area contributed by atoms with E-state index in [4.69, 9.17) is 16.3 Å². The third-order valence-electron chi connectivity index (χ3n) is 5.97. The van der Waals surface area contributed by atoms with E-state index in [0.717, 1.165) is 17.9 Å². The molecule has 12 heteroatoms. The largest absolute Gasteiger partial charge is 0.484 e. The number of fused-ring (bicyclic) bond motifs is 2. The maximum Gasteiger partial charge on any atom is 0.258 e. The second kappa shape index (κ2) is 9.56. The highest BCUT2D eigenvalue weighted by molar-refractivity contribution is 7.90. The van der Waals surface area contributed by atoms with E-state index in [0.29, 0.717) is 18.5 Å². The summed E-state index contributed by atoms with van der Waals surface area (Å²) in [5, 5.41) is 16.1.